The molecule has 0 unspecified atom stereocenters. The lowest BCUT2D eigenvalue weighted by Crippen LogP contribution is -2.34. The second kappa shape index (κ2) is 8.53. The second-order valence-corrected chi connectivity index (χ2v) is 6.42. The van der Waals surface area contributed by atoms with Crippen molar-refractivity contribution in [1.29, 1.82) is 0 Å². The van der Waals surface area contributed by atoms with E-state index >= 15 is 0 Å². The van der Waals surface area contributed by atoms with Gasteiger partial charge in [-0.3, -0.25) is 9.48 Å². The highest BCUT2D eigenvalue weighted by Gasteiger charge is 2.08. The fourth-order valence-electron chi connectivity index (χ4n) is 2.24. The average molecular weight is 376 g/mol. The van der Waals surface area contributed by atoms with Crippen LogP contribution < -0.4 is 16.0 Å². The minimum Gasteiger partial charge on any atom is -0.336 e. The van der Waals surface area contributed by atoms with Crippen LogP contribution in [0, 0.1) is 6.92 Å². The van der Waals surface area contributed by atoms with Gasteiger partial charge in [-0.2, -0.15) is 5.10 Å². The number of carbonyl (C=O) groups excluding carboxylic acids is 2. The number of halogens is 1. The molecule has 0 atom stereocenters. The van der Waals surface area contributed by atoms with Gasteiger partial charge in [0.2, 0.25) is 5.91 Å². The van der Waals surface area contributed by atoms with Gasteiger partial charge in [-0.25, -0.2) is 4.79 Å². The molecule has 26 heavy (non-hydrogen) atoms. The van der Waals surface area contributed by atoms with Crippen LogP contribution in [0.4, 0.5) is 16.2 Å². The number of hydrogen-bond donors (Lipinski definition) is 3. The van der Waals surface area contributed by atoms with Crippen molar-refractivity contribution in [2.75, 3.05) is 10.6 Å². The predicted molar refractivity (Wildman–Crippen MR) is 104 cm³/mol. The maximum absolute atomic E-state index is 12.1. The van der Waals surface area contributed by atoms with E-state index in [-0.39, 0.29) is 18.0 Å². The van der Waals surface area contributed by atoms with Gasteiger partial charge in [-0.1, -0.05) is 11.6 Å². The van der Waals surface area contributed by atoms with Crippen LogP contribution in [0.25, 0.3) is 6.08 Å². The number of urea groups is 1. The number of benzene rings is 1. The van der Waals surface area contributed by atoms with Crippen LogP contribution in [0.3, 0.4) is 0 Å². The van der Waals surface area contributed by atoms with Crippen molar-refractivity contribution >= 4 is 41.0 Å². The normalized spacial score (nSPS) is 11.0. The van der Waals surface area contributed by atoms with Crippen LogP contribution in [-0.2, 0) is 11.8 Å². The molecule has 2 rings (SSSR count). The molecule has 0 aliphatic heterocycles. The molecule has 0 radical (unpaired) electrons. The first-order valence-electron chi connectivity index (χ1n) is 8.12. The Morgan fingerprint density at radius 1 is 1.15 bits per heavy atom. The van der Waals surface area contributed by atoms with Crippen LogP contribution in [0.15, 0.2) is 30.3 Å². The summed E-state index contributed by atoms with van der Waals surface area (Å²) in [5, 5.41) is 12.9. The summed E-state index contributed by atoms with van der Waals surface area (Å²) in [5.74, 6) is -0.289. The minimum atomic E-state index is -0.289. The quantitative estimate of drug-likeness (QED) is 0.698. The summed E-state index contributed by atoms with van der Waals surface area (Å²) >= 11 is 6.13. The smallest absolute Gasteiger partial charge is 0.319 e. The molecule has 8 heteroatoms. The zero-order valence-electron chi connectivity index (χ0n) is 15.1. The van der Waals surface area contributed by atoms with Crippen LogP contribution in [0.2, 0.25) is 5.15 Å². The van der Waals surface area contributed by atoms with E-state index in [1.165, 1.54) is 6.08 Å². The molecule has 0 fully saturated rings. The Morgan fingerprint density at radius 2 is 1.73 bits per heavy atom. The van der Waals surface area contributed by atoms with Gasteiger partial charge in [-0.05, 0) is 51.1 Å². The molecule has 2 aromatic rings. The molecule has 0 spiro atoms. The van der Waals surface area contributed by atoms with Crippen molar-refractivity contribution in [3.05, 3.63) is 46.8 Å². The number of amides is 3. The van der Waals surface area contributed by atoms with E-state index < -0.39 is 0 Å². The fourth-order valence-corrected chi connectivity index (χ4v) is 2.48. The van der Waals surface area contributed by atoms with Gasteiger partial charge in [0.05, 0.1) is 5.69 Å². The summed E-state index contributed by atoms with van der Waals surface area (Å²) in [6.07, 6.45) is 3.03. The SMILES string of the molecule is Cc1nn(C)c(Cl)c1/C=C/C(=O)Nc1ccc(NC(=O)NC(C)C)cc1. The molecule has 0 aliphatic rings. The summed E-state index contributed by atoms with van der Waals surface area (Å²) in [6, 6.07) is 6.61. The number of rotatable bonds is 5. The van der Waals surface area contributed by atoms with E-state index in [1.807, 2.05) is 20.8 Å². The molecule has 1 heterocycles. The molecule has 1 aromatic heterocycles. The number of carbonyl (C=O) groups is 2. The van der Waals surface area contributed by atoms with Gasteiger partial charge in [-0.15, -0.1) is 0 Å². The van der Waals surface area contributed by atoms with E-state index in [4.69, 9.17) is 11.6 Å². The van der Waals surface area contributed by atoms with E-state index in [0.717, 1.165) is 5.69 Å². The van der Waals surface area contributed by atoms with Gasteiger partial charge in [0.1, 0.15) is 5.15 Å². The highest BCUT2D eigenvalue weighted by atomic mass is 35.5. The Labute approximate surface area is 157 Å². The largest absolute Gasteiger partial charge is 0.336 e. The van der Waals surface area contributed by atoms with E-state index in [0.29, 0.717) is 22.1 Å². The first-order chi connectivity index (χ1) is 12.3. The standard InChI is InChI=1S/C18H22ClN5O2/c1-11(2)20-18(26)22-14-7-5-13(6-8-14)21-16(25)10-9-15-12(3)23-24(4)17(15)19/h5-11H,1-4H3,(H,21,25)(H2,20,22,26)/b10-9+. The third-order valence-electron chi connectivity index (χ3n) is 3.43. The number of nitrogens with one attached hydrogen (secondary N) is 3. The number of aromatic nitrogens is 2. The maximum Gasteiger partial charge on any atom is 0.319 e. The molecule has 138 valence electrons. The lowest BCUT2D eigenvalue weighted by Gasteiger charge is -2.10. The van der Waals surface area contributed by atoms with Gasteiger partial charge < -0.3 is 16.0 Å². The summed E-state index contributed by atoms with van der Waals surface area (Å²) in [6.45, 7) is 5.59. The molecular formula is C18H22ClN5O2. The van der Waals surface area contributed by atoms with E-state index in [9.17, 15) is 9.59 Å². The summed E-state index contributed by atoms with van der Waals surface area (Å²) < 4.78 is 1.55. The van der Waals surface area contributed by atoms with Crippen molar-refractivity contribution < 1.29 is 9.59 Å². The minimum absolute atomic E-state index is 0.0531. The van der Waals surface area contributed by atoms with Crippen molar-refractivity contribution in [2.45, 2.75) is 26.8 Å². The highest BCUT2D eigenvalue weighted by Crippen LogP contribution is 2.20. The Morgan fingerprint density at radius 3 is 2.23 bits per heavy atom. The molecule has 0 saturated heterocycles. The first kappa shape index (κ1) is 19.5. The van der Waals surface area contributed by atoms with Gasteiger partial charge in [0, 0.05) is 36.1 Å². The Balaban J connectivity index is 1.95. The van der Waals surface area contributed by atoms with E-state index in [2.05, 4.69) is 21.0 Å². The van der Waals surface area contributed by atoms with Gasteiger partial charge >= 0.3 is 6.03 Å². The molecular weight excluding hydrogens is 354 g/mol. The monoisotopic (exact) mass is 375 g/mol. The molecule has 3 amide bonds. The van der Waals surface area contributed by atoms with Crippen LogP contribution in [0.5, 0.6) is 0 Å². The lowest BCUT2D eigenvalue weighted by molar-refractivity contribution is -0.111. The van der Waals surface area contributed by atoms with Crippen molar-refractivity contribution in [2.24, 2.45) is 7.05 Å². The van der Waals surface area contributed by atoms with Crippen molar-refractivity contribution in [1.82, 2.24) is 15.1 Å². The number of anilines is 2. The summed E-state index contributed by atoms with van der Waals surface area (Å²) in [4.78, 5) is 23.7. The number of nitrogens with zero attached hydrogens (tertiary/aromatic N) is 2. The van der Waals surface area contributed by atoms with Crippen molar-refractivity contribution in [3.63, 3.8) is 0 Å². The lowest BCUT2D eigenvalue weighted by atomic mass is 10.2. The summed E-state index contributed by atoms with van der Waals surface area (Å²) in [5.41, 5.74) is 2.70. The molecule has 7 nitrogen and oxygen atoms in total. The fraction of sp³-hybridized carbons (Fsp3) is 0.278. The van der Waals surface area contributed by atoms with Crippen molar-refractivity contribution in [3.8, 4) is 0 Å². The van der Waals surface area contributed by atoms with E-state index in [1.54, 1.807) is 42.1 Å². The predicted octanol–water partition coefficient (Wildman–Crippen LogP) is 3.56. The third kappa shape index (κ3) is 5.35. The average Bonchev–Trinajstić information content (AvgIpc) is 2.79. The molecule has 1 aromatic carbocycles. The Bertz CT molecular complexity index is 825. The van der Waals surface area contributed by atoms with Gasteiger partial charge in [0.15, 0.2) is 0 Å². The molecule has 3 N–H and O–H groups in total. The van der Waals surface area contributed by atoms with Crippen LogP contribution in [-0.4, -0.2) is 27.8 Å². The molecule has 0 saturated carbocycles. The van der Waals surface area contributed by atoms with Gasteiger partial charge in [0.25, 0.3) is 0 Å². The Kier molecular flexibility index (Phi) is 6.41. The zero-order valence-corrected chi connectivity index (χ0v) is 15.9. The molecule has 0 bridgehead atoms. The zero-order chi connectivity index (χ0) is 19.3. The first-order valence-corrected chi connectivity index (χ1v) is 8.50. The summed E-state index contributed by atoms with van der Waals surface area (Å²) in [7, 11) is 1.74. The topological polar surface area (TPSA) is 88.1 Å². The second-order valence-electron chi connectivity index (χ2n) is 6.07. The van der Waals surface area contributed by atoms with Crippen LogP contribution >= 0.6 is 11.6 Å². The van der Waals surface area contributed by atoms with Crippen LogP contribution in [0.1, 0.15) is 25.1 Å². The third-order valence-corrected chi connectivity index (χ3v) is 3.88. The maximum atomic E-state index is 12.1. The molecule has 0 aliphatic carbocycles. The Hall–Kier alpha value is -2.80. The highest BCUT2D eigenvalue weighted by molar-refractivity contribution is 6.31. The number of hydrogen-bond acceptors (Lipinski definition) is 3. The number of aryl methyl sites for hydroxylation is 2.